The van der Waals surface area contributed by atoms with E-state index in [9.17, 15) is 0 Å². The van der Waals surface area contributed by atoms with Gasteiger partial charge in [0.2, 0.25) is 0 Å². The first kappa shape index (κ1) is 14.0. The number of aliphatic hydroxyl groups is 1. The van der Waals surface area contributed by atoms with Crippen molar-refractivity contribution in [3.63, 3.8) is 0 Å². The molecule has 3 nitrogen and oxygen atoms in total. The van der Waals surface area contributed by atoms with Crippen molar-refractivity contribution < 1.29 is 14.6 Å². The van der Waals surface area contributed by atoms with Crippen LogP contribution in [0.1, 0.15) is 30.5 Å². The van der Waals surface area contributed by atoms with Crippen LogP contribution in [0.2, 0.25) is 0 Å². The molecule has 1 aliphatic rings. The van der Waals surface area contributed by atoms with E-state index in [1.807, 2.05) is 36.4 Å². The van der Waals surface area contributed by atoms with Gasteiger partial charge in [0.25, 0.3) is 0 Å². The molecule has 0 atom stereocenters. The van der Waals surface area contributed by atoms with Crippen LogP contribution in [0.15, 0.2) is 42.5 Å². The van der Waals surface area contributed by atoms with E-state index >= 15 is 0 Å². The summed E-state index contributed by atoms with van der Waals surface area (Å²) in [7, 11) is 0. The van der Waals surface area contributed by atoms with Crippen LogP contribution in [-0.4, -0.2) is 10.7 Å². The zero-order chi connectivity index (χ0) is 14.9. The van der Waals surface area contributed by atoms with E-state index < -0.39 is 0 Å². The number of hydrogen-bond donors (Lipinski definition) is 1. The quantitative estimate of drug-likeness (QED) is 0.934. The first-order valence-corrected chi connectivity index (χ1v) is 7.20. The number of fused-ring (bicyclic) bond motifs is 1. The Morgan fingerprint density at radius 2 is 1.81 bits per heavy atom. The smallest absolute Gasteiger partial charge is 0.165 e. The van der Waals surface area contributed by atoms with Gasteiger partial charge in [-0.15, -0.1) is 0 Å². The summed E-state index contributed by atoms with van der Waals surface area (Å²) in [5.74, 6) is 1.67. The number of benzene rings is 2. The standard InChI is InChI=1S/C18H20O3/c1-18(2)10-15-4-3-5-16(17(15)21-18)20-12-14-8-6-13(11-19)7-9-14/h3-9,19H,10-12H2,1-2H3. The van der Waals surface area contributed by atoms with E-state index in [4.69, 9.17) is 14.6 Å². The fourth-order valence-electron chi connectivity index (χ4n) is 2.60. The topological polar surface area (TPSA) is 38.7 Å². The second-order valence-electron chi connectivity index (χ2n) is 6.05. The lowest BCUT2D eigenvalue weighted by molar-refractivity contribution is 0.131. The zero-order valence-electron chi connectivity index (χ0n) is 12.4. The molecule has 0 amide bonds. The molecule has 1 heterocycles. The van der Waals surface area contributed by atoms with Gasteiger partial charge in [-0.1, -0.05) is 36.4 Å². The van der Waals surface area contributed by atoms with Crippen LogP contribution >= 0.6 is 0 Å². The fraction of sp³-hybridized carbons (Fsp3) is 0.333. The molecule has 0 saturated heterocycles. The normalized spacial score (nSPS) is 15.4. The number of rotatable bonds is 4. The van der Waals surface area contributed by atoms with Gasteiger partial charge in [-0.05, 0) is 31.0 Å². The fourth-order valence-corrected chi connectivity index (χ4v) is 2.60. The third-order valence-electron chi connectivity index (χ3n) is 3.65. The van der Waals surface area contributed by atoms with Gasteiger partial charge in [0.1, 0.15) is 12.2 Å². The van der Waals surface area contributed by atoms with Gasteiger partial charge in [0, 0.05) is 12.0 Å². The van der Waals surface area contributed by atoms with Crippen molar-refractivity contribution in [2.45, 2.75) is 39.1 Å². The van der Waals surface area contributed by atoms with Crippen LogP contribution in [0, 0.1) is 0 Å². The van der Waals surface area contributed by atoms with Crippen LogP contribution in [0.25, 0.3) is 0 Å². The van der Waals surface area contributed by atoms with Crippen molar-refractivity contribution in [3.8, 4) is 11.5 Å². The van der Waals surface area contributed by atoms with Crippen LogP contribution in [0.5, 0.6) is 11.5 Å². The highest BCUT2D eigenvalue weighted by molar-refractivity contribution is 5.50. The molecule has 0 saturated carbocycles. The molecule has 0 unspecified atom stereocenters. The minimum absolute atomic E-state index is 0.0657. The predicted octanol–water partition coefficient (Wildman–Crippen LogP) is 3.47. The summed E-state index contributed by atoms with van der Waals surface area (Å²) in [6.45, 7) is 4.73. The summed E-state index contributed by atoms with van der Waals surface area (Å²) in [5.41, 5.74) is 3.02. The van der Waals surface area contributed by atoms with Crippen molar-refractivity contribution in [2.24, 2.45) is 0 Å². The van der Waals surface area contributed by atoms with E-state index in [1.54, 1.807) is 0 Å². The molecule has 2 aromatic carbocycles. The average molecular weight is 284 g/mol. The molecular formula is C18H20O3. The monoisotopic (exact) mass is 284 g/mol. The predicted molar refractivity (Wildman–Crippen MR) is 81.5 cm³/mol. The first-order chi connectivity index (χ1) is 10.1. The molecule has 0 radical (unpaired) electrons. The molecule has 0 aliphatic carbocycles. The number of para-hydroxylation sites is 1. The largest absolute Gasteiger partial charge is 0.485 e. The van der Waals surface area contributed by atoms with Gasteiger partial charge >= 0.3 is 0 Å². The molecule has 1 aliphatic heterocycles. The van der Waals surface area contributed by atoms with Gasteiger partial charge in [-0.25, -0.2) is 0 Å². The molecular weight excluding hydrogens is 264 g/mol. The molecule has 3 heteroatoms. The van der Waals surface area contributed by atoms with Crippen molar-refractivity contribution in [3.05, 3.63) is 59.2 Å². The molecule has 2 aromatic rings. The van der Waals surface area contributed by atoms with Crippen molar-refractivity contribution in [2.75, 3.05) is 0 Å². The Balaban J connectivity index is 1.73. The van der Waals surface area contributed by atoms with Crippen LogP contribution in [0.4, 0.5) is 0 Å². The Kier molecular flexibility index (Phi) is 3.60. The Labute approximate surface area is 125 Å². The maximum Gasteiger partial charge on any atom is 0.165 e. The molecule has 3 rings (SSSR count). The lowest BCUT2D eigenvalue weighted by Gasteiger charge is -2.18. The maximum absolute atomic E-state index is 9.04. The molecule has 0 bridgehead atoms. The van der Waals surface area contributed by atoms with Crippen LogP contribution in [-0.2, 0) is 19.6 Å². The van der Waals surface area contributed by atoms with Crippen LogP contribution in [0.3, 0.4) is 0 Å². The van der Waals surface area contributed by atoms with Gasteiger partial charge in [-0.2, -0.15) is 0 Å². The van der Waals surface area contributed by atoms with E-state index in [2.05, 4.69) is 19.9 Å². The highest BCUT2D eigenvalue weighted by Crippen LogP contribution is 2.41. The number of aliphatic hydroxyl groups excluding tert-OH is 1. The maximum atomic E-state index is 9.04. The van der Waals surface area contributed by atoms with Gasteiger partial charge < -0.3 is 14.6 Å². The minimum atomic E-state index is -0.162. The highest BCUT2D eigenvalue weighted by atomic mass is 16.5. The van der Waals surface area contributed by atoms with Crippen molar-refractivity contribution in [1.29, 1.82) is 0 Å². The Morgan fingerprint density at radius 1 is 1.10 bits per heavy atom. The Morgan fingerprint density at radius 3 is 2.52 bits per heavy atom. The Bertz CT molecular complexity index is 629. The summed E-state index contributed by atoms with van der Waals surface area (Å²) < 4.78 is 11.9. The lowest BCUT2D eigenvalue weighted by Crippen LogP contribution is -2.24. The average Bonchev–Trinajstić information content (AvgIpc) is 2.80. The summed E-state index contributed by atoms with van der Waals surface area (Å²) in [6, 6.07) is 13.8. The third kappa shape index (κ3) is 3.03. The SMILES string of the molecule is CC1(C)Cc2cccc(OCc3ccc(CO)cc3)c2O1. The lowest BCUT2D eigenvalue weighted by atomic mass is 10.0. The molecule has 0 fully saturated rings. The summed E-state index contributed by atoms with van der Waals surface area (Å²) >= 11 is 0. The minimum Gasteiger partial charge on any atom is -0.485 e. The second kappa shape index (κ2) is 5.41. The highest BCUT2D eigenvalue weighted by Gasteiger charge is 2.32. The van der Waals surface area contributed by atoms with Gasteiger partial charge in [0.05, 0.1) is 6.61 Å². The summed E-state index contributed by atoms with van der Waals surface area (Å²) in [6.07, 6.45) is 0.907. The first-order valence-electron chi connectivity index (χ1n) is 7.20. The summed E-state index contributed by atoms with van der Waals surface area (Å²) in [4.78, 5) is 0. The van der Waals surface area contributed by atoms with Gasteiger partial charge in [-0.3, -0.25) is 0 Å². The number of hydrogen-bond acceptors (Lipinski definition) is 3. The van der Waals surface area contributed by atoms with Crippen molar-refractivity contribution in [1.82, 2.24) is 0 Å². The van der Waals surface area contributed by atoms with E-state index in [0.717, 1.165) is 29.0 Å². The van der Waals surface area contributed by atoms with Gasteiger partial charge in [0.15, 0.2) is 11.5 Å². The van der Waals surface area contributed by atoms with E-state index in [0.29, 0.717) is 6.61 Å². The van der Waals surface area contributed by atoms with Crippen LogP contribution < -0.4 is 9.47 Å². The molecule has 21 heavy (non-hydrogen) atoms. The second-order valence-corrected chi connectivity index (χ2v) is 6.05. The third-order valence-corrected chi connectivity index (χ3v) is 3.65. The van der Waals surface area contributed by atoms with E-state index in [1.165, 1.54) is 5.56 Å². The Hall–Kier alpha value is -2.00. The molecule has 0 aromatic heterocycles. The zero-order valence-corrected chi connectivity index (χ0v) is 12.4. The summed E-state index contributed by atoms with van der Waals surface area (Å²) in [5, 5.41) is 9.04. The van der Waals surface area contributed by atoms with E-state index in [-0.39, 0.29) is 12.2 Å². The number of ether oxygens (including phenoxy) is 2. The molecule has 1 N–H and O–H groups in total. The molecule has 110 valence electrons. The van der Waals surface area contributed by atoms with Crippen molar-refractivity contribution >= 4 is 0 Å². The molecule has 0 spiro atoms.